The van der Waals surface area contributed by atoms with Crippen LogP contribution in [0.5, 0.6) is 5.75 Å². The van der Waals surface area contributed by atoms with Gasteiger partial charge < -0.3 is 20.3 Å². The Balaban J connectivity index is 1.33. The smallest absolute Gasteiger partial charge is 0.202 e. The van der Waals surface area contributed by atoms with Crippen LogP contribution in [0.25, 0.3) is 11.0 Å². The summed E-state index contributed by atoms with van der Waals surface area (Å²) in [7, 11) is 0. The first kappa shape index (κ1) is 17.8. The van der Waals surface area contributed by atoms with Crippen LogP contribution in [-0.2, 0) is 0 Å². The van der Waals surface area contributed by atoms with Gasteiger partial charge in [-0.2, -0.15) is 4.39 Å². The molecular weight excluding hydrogens is 390 g/mol. The zero-order valence-corrected chi connectivity index (χ0v) is 16.1. The summed E-state index contributed by atoms with van der Waals surface area (Å²) in [4.78, 5) is 15.5. The molecule has 30 heavy (non-hydrogen) atoms. The Morgan fingerprint density at radius 1 is 1.10 bits per heavy atom. The Morgan fingerprint density at radius 3 is 2.77 bits per heavy atom. The minimum atomic E-state index is -1.00. The Bertz CT molecular complexity index is 1140. The maximum absolute atomic E-state index is 14.6. The number of nitrogens with zero attached hydrogens (tertiary/aromatic N) is 4. The molecule has 4 heterocycles. The number of rotatable bonds is 5. The van der Waals surface area contributed by atoms with E-state index in [1.165, 1.54) is 18.5 Å². The molecule has 7 nitrogen and oxygen atoms in total. The minimum absolute atomic E-state index is 0.0119. The molecule has 9 heteroatoms. The maximum atomic E-state index is 14.6. The van der Waals surface area contributed by atoms with Crippen LogP contribution < -0.4 is 20.3 Å². The van der Waals surface area contributed by atoms with Crippen LogP contribution >= 0.6 is 0 Å². The van der Waals surface area contributed by atoms with Gasteiger partial charge >= 0.3 is 0 Å². The van der Waals surface area contributed by atoms with Crippen LogP contribution in [0.2, 0.25) is 0 Å². The lowest BCUT2D eigenvalue weighted by Gasteiger charge is -2.28. The summed E-state index contributed by atoms with van der Waals surface area (Å²) in [6.45, 7) is 1.85. The number of piperazine rings is 1. The highest BCUT2D eigenvalue weighted by Gasteiger charge is 2.38. The van der Waals surface area contributed by atoms with Crippen molar-refractivity contribution < 1.29 is 13.5 Å². The van der Waals surface area contributed by atoms with E-state index in [9.17, 15) is 8.78 Å². The monoisotopic (exact) mass is 410 g/mol. The van der Waals surface area contributed by atoms with Crippen molar-refractivity contribution >= 4 is 28.4 Å². The Hall–Kier alpha value is -3.07. The topological polar surface area (TPSA) is 75.2 Å². The molecule has 2 saturated heterocycles. The predicted molar refractivity (Wildman–Crippen MR) is 108 cm³/mol. The fourth-order valence-corrected chi connectivity index (χ4v) is 4.24. The number of hydrogen-bond acceptors (Lipinski definition) is 7. The summed E-state index contributed by atoms with van der Waals surface area (Å²) in [5.41, 5.74) is 1.13. The van der Waals surface area contributed by atoms with Gasteiger partial charge in [0.15, 0.2) is 17.4 Å². The van der Waals surface area contributed by atoms with Crippen molar-refractivity contribution in [3.05, 3.63) is 42.2 Å². The fraction of sp³-hybridized carbons (Fsp3) is 0.381. The van der Waals surface area contributed by atoms with E-state index in [2.05, 4.69) is 25.5 Å². The molecule has 2 N–H and O–H groups in total. The lowest BCUT2D eigenvalue weighted by Crippen LogP contribution is -2.44. The van der Waals surface area contributed by atoms with E-state index >= 15 is 0 Å². The van der Waals surface area contributed by atoms with Crippen molar-refractivity contribution in [2.75, 3.05) is 23.3 Å². The van der Waals surface area contributed by atoms with Crippen LogP contribution in [0.4, 0.5) is 26.1 Å². The molecule has 1 saturated carbocycles. The number of anilines is 3. The Labute approximate surface area is 171 Å². The molecule has 6 rings (SSSR count). The third-order valence-electron chi connectivity index (χ3n) is 5.94. The van der Waals surface area contributed by atoms with Gasteiger partial charge in [0.1, 0.15) is 17.7 Å². The molecule has 2 atom stereocenters. The fourth-order valence-electron chi connectivity index (χ4n) is 4.24. The van der Waals surface area contributed by atoms with Gasteiger partial charge in [0, 0.05) is 25.2 Å². The van der Waals surface area contributed by atoms with E-state index in [0.717, 1.165) is 38.2 Å². The number of aromatic nitrogens is 3. The molecule has 3 fully saturated rings. The van der Waals surface area contributed by atoms with Gasteiger partial charge in [-0.15, -0.1) is 0 Å². The minimum Gasteiger partial charge on any atom is -0.487 e. The molecule has 1 aliphatic carbocycles. The van der Waals surface area contributed by atoms with Gasteiger partial charge in [-0.05, 0) is 43.5 Å². The third-order valence-corrected chi connectivity index (χ3v) is 5.94. The van der Waals surface area contributed by atoms with E-state index in [4.69, 9.17) is 9.72 Å². The van der Waals surface area contributed by atoms with Crippen LogP contribution in [0, 0.1) is 11.6 Å². The molecule has 154 valence electrons. The second-order valence-electron chi connectivity index (χ2n) is 8.09. The largest absolute Gasteiger partial charge is 0.487 e. The molecule has 0 spiro atoms. The summed E-state index contributed by atoms with van der Waals surface area (Å²) in [6, 6.07) is 7.64. The normalized spacial score (nSPS) is 22.7. The summed E-state index contributed by atoms with van der Waals surface area (Å²) < 4.78 is 34.5. The molecular formula is C21H20F2N6O. The Morgan fingerprint density at radius 2 is 2.00 bits per heavy atom. The number of benzene rings is 1. The van der Waals surface area contributed by atoms with Crippen molar-refractivity contribution in [3.8, 4) is 5.75 Å². The number of fused-ring (bicyclic) bond motifs is 3. The summed E-state index contributed by atoms with van der Waals surface area (Å²) in [5, 5.41) is 6.36. The third kappa shape index (κ3) is 3.00. The van der Waals surface area contributed by atoms with E-state index in [0.29, 0.717) is 28.9 Å². The van der Waals surface area contributed by atoms with Gasteiger partial charge in [0.05, 0.1) is 17.3 Å². The highest BCUT2D eigenvalue weighted by molar-refractivity contribution is 5.88. The second-order valence-corrected chi connectivity index (χ2v) is 8.09. The average molecular weight is 410 g/mol. The van der Waals surface area contributed by atoms with E-state index in [-0.39, 0.29) is 17.5 Å². The maximum Gasteiger partial charge on any atom is 0.202 e. The standard InChI is InChI=1S/C21H20F2N6O/c22-18-14(3-5-16(19(18)23)30-13-1-2-13)27-21-20-15(25-10-26-21)4-6-17(28-20)29-9-11-7-12(29)8-24-11/h3-6,10-13,24H,1-2,7-9H2,(H,25,26,27)/t11-,12-/m0/s1. The molecule has 0 amide bonds. The van der Waals surface area contributed by atoms with Gasteiger partial charge in [0.25, 0.3) is 0 Å². The highest BCUT2D eigenvalue weighted by atomic mass is 19.2. The van der Waals surface area contributed by atoms with Crippen LogP contribution in [0.1, 0.15) is 19.3 Å². The summed E-state index contributed by atoms with van der Waals surface area (Å²) in [6.07, 6.45) is 4.22. The van der Waals surface area contributed by atoms with Crippen molar-refractivity contribution in [3.63, 3.8) is 0 Å². The van der Waals surface area contributed by atoms with Crippen molar-refractivity contribution in [2.24, 2.45) is 0 Å². The first-order valence-electron chi connectivity index (χ1n) is 10.2. The lowest BCUT2D eigenvalue weighted by molar-refractivity contribution is 0.282. The predicted octanol–water partition coefficient (Wildman–Crippen LogP) is 3.14. The quantitative estimate of drug-likeness (QED) is 0.669. The molecule has 1 aromatic carbocycles. The summed E-state index contributed by atoms with van der Waals surface area (Å²) >= 11 is 0. The van der Waals surface area contributed by atoms with Crippen molar-refractivity contribution in [1.82, 2.24) is 20.3 Å². The van der Waals surface area contributed by atoms with Crippen molar-refractivity contribution in [2.45, 2.75) is 37.5 Å². The van der Waals surface area contributed by atoms with Gasteiger partial charge in [-0.25, -0.2) is 19.3 Å². The second kappa shape index (κ2) is 6.73. The number of halogens is 2. The van der Waals surface area contributed by atoms with E-state index in [1.807, 2.05) is 12.1 Å². The molecule has 3 aliphatic rings. The van der Waals surface area contributed by atoms with Gasteiger partial charge in [-0.1, -0.05) is 0 Å². The zero-order chi connectivity index (χ0) is 20.2. The number of pyridine rings is 1. The molecule has 0 radical (unpaired) electrons. The van der Waals surface area contributed by atoms with Crippen LogP contribution in [-0.4, -0.2) is 46.2 Å². The van der Waals surface area contributed by atoms with Crippen LogP contribution in [0.15, 0.2) is 30.6 Å². The van der Waals surface area contributed by atoms with Gasteiger partial charge in [-0.3, -0.25) is 0 Å². The SMILES string of the molecule is Fc1c(Nc2ncnc3ccc(N4C[C@@H]5C[C@H]4CN5)nc23)ccc(OC2CC2)c1F. The van der Waals surface area contributed by atoms with Crippen molar-refractivity contribution in [1.29, 1.82) is 0 Å². The molecule has 3 aromatic rings. The van der Waals surface area contributed by atoms with E-state index < -0.39 is 11.6 Å². The molecule has 0 unspecified atom stereocenters. The number of nitrogens with one attached hydrogen (secondary N) is 2. The summed E-state index contributed by atoms with van der Waals surface area (Å²) in [5.74, 6) is -0.891. The van der Waals surface area contributed by atoms with E-state index in [1.54, 1.807) is 0 Å². The Kier molecular flexibility index (Phi) is 3.98. The highest BCUT2D eigenvalue weighted by Crippen LogP contribution is 2.34. The molecule has 2 aliphatic heterocycles. The number of hydrogen-bond donors (Lipinski definition) is 2. The molecule has 2 aromatic heterocycles. The zero-order valence-electron chi connectivity index (χ0n) is 16.1. The average Bonchev–Trinajstić information content (AvgIpc) is 3.32. The lowest BCUT2D eigenvalue weighted by atomic mass is 10.2. The van der Waals surface area contributed by atoms with Gasteiger partial charge in [0.2, 0.25) is 5.82 Å². The first-order chi connectivity index (χ1) is 14.7. The first-order valence-corrected chi connectivity index (χ1v) is 10.2. The molecule has 2 bridgehead atoms. The number of ether oxygens (including phenoxy) is 1. The van der Waals surface area contributed by atoms with Crippen LogP contribution in [0.3, 0.4) is 0 Å².